The Morgan fingerprint density at radius 2 is 1.94 bits per heavy atom. The summed E-state index contributed by atoms with van der Waals surface area (Å²) in [6.07, 6.45) is 2.65. The Hall–Kier alpha value is -0.280. The molecule has 2 unspecified atom stereocenters. The van der Waals surface area contributed by atoms with Crippen molar-refractivity contribution in [1.82, 2.24) is 9.80 Å². The van der Waals surface area contributed by atoms with Crippen molar-refractivity contribution in [2.24, 2.45) is 16.7 Å². The molecule has 1 heterocycles. The molecule has 0 aromatic rings. The topological polar surface area (TPSA) is 23.6 Å². The molecule has 4 heteroatoms. The van der Waals surface area contributed by atoms with Gasteiger partial charge in [-0.3, -0.25) is 9.69 Å². The number of piperidine rings is 1. The fraction of sp³-hybridized carbons (Fsp3) is 0.929. The van der Waals surface area contributed by atoms with E-state index in [0.29, 0.717) is 17.4 Å². The monoisotopic (exact) mass is 274 g/mol. The van der Waals surface area contributed by atoms with E-state index < -0.39 is 0 Å². The maximum absolute atomic E-state index is 11.8. The molecule has 0 spiro atoms. The highest BCUT2D eigenvalue weighted by atomic mass is 35.5. The molecule has 2 fully saturated rings. The number of fused-ring (bicyclic) bond motifs is 2. The average molecular weight is 275 g/mol. The third-order valence-corrected chi connectivity index (χ3v) is 5.53. The van der Waals surface area contributed by atoms with Crippen molar-refractivity contribution in [3.05, 3.63) is 0 Å². The molecule has 106 valence electrons. The quantitative estimate of drug-likeness (QED) is 0.771. The van der Waals surface area contributed by atoms with Gasteiger partial charge >= 0.3 is 0 Å². The minimum Gasteiger partial charge on any atom is -0.348 e. The maximum atomic E-state index is 11.8. The second-order valence-corrected chi connectivity index (χ2v) is 6.98. The minimum atomic E-state index is 0. The van der Waals surface area contributed by atoms with Crippen LogP contribution in [0.4, 0.5) is 0 Å². The van der Waals surface area contributed by atoms with Crippen molar-refractivity contribution in [1.29, 1.82) is 0 Å². The first-order valence-electron chi connectivity index (χ1n) is 6.69. The van der Waals surface area contributed by atoms with Crippen LogP contribution in [0.3, 0.4) is 0 Å². The molecule has 0 N–H and O–H groups in total. The number of hydrogen-bond donors (Lipinski definition) is 0. The van der Waals surface area contributed by atoms with Crippen LogP contribution < -0.4 is 0 Å². The summed E-state index contributed by atoms with van der Waals surface area (Å²) in [5, 5.41) is 0. The summed E-state index contributed by atoms with van der Waals surface area (Å²) in [4.78, 5) is 15.9. The van der Waals surface area contributed by atoms with Crippen molar-refractivity contribution in [2.45, 2.75) is 33.6 Å². The molecule has 0 radical (unpaired) electrons. The second kappa shape index (κ2) is 5.01. The summed E-state index contributed by atoms with van der Waals surface area (Å²) in [7, 11) is 3.68. The molecule has 2 rings (SSSR count). The van der Waals surface area contributed by atoms with Crippen LogP contribution >= 0.6 is 12.4 Å². The molecule has 1 saturated carbocycles. The molecule has 1 amide bonds. The van der Waals surface area contributed by atoms with Gasteiger partial charge in [-0.15, -0.1) is 12.4 Å². The molecule has 1 aliphatic heterocycles. The van der Waals surface area contributed by atoms with Gasteiger partial charge in [0, 0.05) is 27.2 Å². The second-order valence-electron chi connectivity index (χ2n) is 6.98. The van der Waals surface area contributed by atoms with Crippen LogP contribution in [0.15, 0.2) is 0 Å². The maximum Gasteiger partial charge on any atom is 0.236 e. The van der Waals surface area contributed by atoms with E-state index in [0.717, 1.165) is 19.0 Å². The first kappa shape index (κ1) is 15.8. The molecule has 3 nitrogen and oxygen atoms in total. The molecular formula is C14H27ClN2O. The molecule has 1 aliphatic carbocycles. The van der Waals surface area contributed by atoms with Gasteiger partial charge in [0.15, 0.2) is 0 Å². The number of carbonyl (C=O) groups is 1. The normalized spacial score (nSPS) is 33.9. The van der Waals surface area contributed by atoms with E-state index >= 15 is 0 Å². The van der Waals surface area contributed by atoms with E-state index in [1.165, 1.54) is 12.8 Å². The predicted molar refractivity (Wildman–Crippen MR) is 77.0 cm³/mol. The van der Waals surface area contributed by atoms with Crippen LogP contribution in [0.2, 0.25) is 0 Å². The summed E-state index contributed by atoms with van der Waals surface area (Å²) in [5.74, 6) is 0.990. The minimum absolute atomic E-state index is 0. The molecule has 1 saturated heterocycles. The van der Waals surface area contributed by atoms with Gasteiger partial charge in [-0.2, -0.15) is 0 Å². The Balaban J connectivity index is 0.00000162. The number of hydrogen-bond acceptors (Lipinski definition) is 2. The zero-order chi connectivity index (χ0) is 12.8. The SMILES string of the molecule is CN(C)C(=O)CN1CC2CCC(C)(C1)C2(C)C.Cl. The third kappa shape index (κ3) is 2.39. The number of likely N-dealkylation sites (N-methyl/N-ethyl adjacent to an activating group) is 1. The lowest BCUT2D eigenvalue weighted by atomic mass is 9.63. The number of halogens is 1. The summed E-state index contributed by atoms with van der Waals surface area (Å²) in [6.45, 7) is 10.00. The van der Waals surface area contributed by atoms with Crippen molar-refractivity contribution >= 4 is 18.3 Å². The number of rotatable bonds is 2. The highest BCUT2D eigenvalue weighted by Crippen LogP contribution is 2.58. The Morgan fingerprint density at radius 3 is 2.44 bits per heavy atom. The molecule has 0 aromatic heterocycles. The van der Waals surface area contributed by atoms with Crippen LogP contribution in [0.5, 0.6) is 0 Å². The first-order chi connectivity index (χ1) is 7.76. The van der Waals surface area contributed by atoms with Crippen molar-refractivity contribution in [2.75, 3.05) is 33.7 Å². The van der Waals surface area contributed by atoms with Crippen LogP contribution in [0.1, 0.15) is 33.6 Å². The van der Waals surface area contributed by atoms with Crippen LogP contribution in [0.25, 0.3) is 0 Å². The van der Waals surface area contributed by atoms with Crippen LogP contribution in [-0.4, -0.2) is 49.4 Å². The molecule has 18 heavy (non-hydrogen) atoms. The van der Waals surface area contributed by atoms with Gasteiger partial charge in [0.25, 0.3) is 0 Å². The largest absolute Gasteiger partial charge is 0.348 e. The van der Waals surface area contributed by atoms with Gasteiger partial charge in [0.05, 0.1) is 6.54 Å². The Morgan fingerprint density at radius 1 is 1.33 bits per heavy atom. The fourth-order valence-electron chi connectivity index (χ4n) is 3.59. The predicted octanol–water partition coefficient (Wildman–Crippen LogP) is 2.25. The van der Waals surface area contributed by atoms with Crippen molar-refractivity contribution in [3.8, 4) is 0 Å². The lowest BCUT2D eigenvalue weighted by molar-refractivity contribution is -0.132. The van der Waals surface area contributed by atoms with Gasteiger partial charge in [0.1, 0.15) is 0 Å². The van der Waals surface area contributed by atoms with Crippen molar-refractivity contribution in [3.63, 3.8) is 0 Å². The average Bonchev–Trinajstić information content (AvgIpc) is 2.38. The van der Waals surface area contributed by atoms with E-state index in [4.69, 9.17) is 0 Å². The lowest BCUT2D eigenvalue weighted by Gasteiger charge is -2.50. The van der Waals surface area contributed by atoms with Gasteiger partial charge in [-0.1, -0.05) is 20.8 Å². The van der Waals surface area contributed by atoms with Gasteiger partial charge in [-0.05, 0) is 29.6 Å². The Bertz CT molecular complexity index is 330. The van der Waals surface area contributed by atoms with Gasteiger partial charge in [0.2, 0.25) is 5.91 Å². The van der Waals surface area contributed by atoms with Crippen LogP contribution in [0, 0.1) is 16.7 Å². The Kier molecular flexibility index (Phi) is 4.39. The highest BCUT2D eigenvalue weighted by Gasteiger charge is 2.55. The van der Waals surface area contributed by atoms with E-state index in [1.807, 2.05) is 14.1 Å². The summed E-state index contributed by atoms with van der Waals surface area (Å²) >= 11 is 0. The number of likely N-dealkylation sites (tertiary alicyclic amines) is 1. The summed E-state index contributed by atoms with van der Waals surface area (Å²) < 4.78 is 0. The molecular weight excluding hydrogens is 248 g/mol. The Labute approximate surface area is 117 Å². The van der Waals surface area contributed by atoms with E-state index in [-0.39, 0.29) is 18.3 Å². The molecule has 2 bridgehead atoms. The van der Waals surface area contributed by atoms with Gasteiger partial charge in [-0.25, -0.2) is 0 Å². The van der Waals surface area contributed by atoms with Crippen molar-refractivity contribution < 1.29 is 4.79 Å². The smallest absolute Gasteiger partial charge is 0.236 e. The summed E-state index contributed by atoms with van der Waals surface area (Å²) in [6, 6.07) is 0. The standard InChI is InChI=1S/C14H26N2O.ClH/c1-13(2)11-6-7-14(13,3)10-16(8-11)9-12(17)15(4)5;/h11H,6-10H2,1-5H3;1H. The van der Waals surface area contributed by atoms with E-state index in [9.17, 15) is 4.79 Å². The summed E-state index contributed by atoms with van der Waals surface area (Å²) in [5.41, 5.74) is 0.827. The molecule has 0 aromatic carbocycles. The molecule has 2 atom stereocenters. The van der Waals surface area contributed by atoms with E-state index in [1.54, 1.807) is 4.90 Å². The van der Waals surface area contributed by atoms with E-state index in [2.05, 4.69) is 25.7 Å². The zero-order valence-electron chi connectivity index (χ0n) is 12.3. The molecule has 2 aliphatic rings. The van der Waals surface area contributed by atoms with Gasteiger partial charge < -0.3 is 4.90 Å². The first-order valence-corrected chi connectivity index (χ1v) is 6.69. The highest BCUT2D eigenvalue weighted by molar-refractivity contribution is 5.85. The third-order valence-electron chi connectivity index (χ3n) is 5.53. The fourth-order valence-corrected chi connectivity index (χ4v) is 3.59. The number of carbonyl (C=O) groups excluding carboxylic acids is 1. The number of nitrogens with zero attached hydrogens (tertiary/aromatic N) is 2. The zero-order valence-corrected chi connectivity index (χ0v) is 13.1. The van der Waals surface area contributed by atoms with Crippen LogP contribution in [-0.2, 0) is 4.79 Å². The lowest BCUT2D eigenvalue weighted by Crippen LogP contribution is -2.54. The number of amides is 1.